The highest BCUT2D eigenvalue weighted by molar-refractivity contribution is 5.58. The maximum Gasteiger partial charge on any atom is 0.226 e. The minimum atomic E-state index is -0.495. The number of halogens is 1. The topological polar surface area (TPSA) is 61.3 Å². The number of ether oxygens (including phenoxy) is 1. The Morgan fingerprint density at radius 3 is 2.68 bits per heavy atom. The van der Waals surface area contributed by atoms with E-state index in [4.69, 9.17) is 14.9 Å². The molecule has 0 aliphatic carbocycles. The second-order valence-electron chi connectivity index (χ2n) is 4.89. The van der Waals surface area contributed by atoms with E-state index in [1.165, 1.54) is 18.4 Å². The average molecular weight is 298 g/mol. The molecular formula is C17H15FN2O2. The molecule has 0 radical (unpaired) electrons. The van der Waals surface area contributed by atoms with Crippen molar-refractivity contribution in [2.75, 3.05) is 5.73 Å². The highest BCUT2D eigenvalue weighted by atomic mass is 19.1. The van der Waals surface area contributed by atoms with Gasteiger partial charge in [0.05, 0.1) is 5.69 Å². The van der Waals surface area contributed by atoms with Gasteiger partial charge in [0.15, 0.2) is 0 Å². The van der Waals surface area contributed by atoms with Crippen LogP contribution in [-0.4, -0.2) is 4.98 Å². The molecule has 0 bridgehead atoms. The number of nitrogens with two attached hydrogens (primary N) is 1. The second kappa shape index (κ2) is 5.89. The number of nitrogens with zero attached hydrogens (tertiary/aromatic N) is 1. The van der Waals surface area contributed by atoms with E-state index in [9.17, 15) is 4.39 Å². The number of anilines is 1. The Labute approximate surface area is 127 Å². The van der Waals surface area contributed by atoms with Crippen LogP contribution >= 0.6 is 0 Å². The molecule has 5 heteroatoms. The summed E-state index contributed by atoms with van der Waals surface area (Å²) in [6.07, 6.45) is 1.23. The maximum atomic E-state index is 13.5. The van der Waals surface area contributed by atoms with Crippen LogP contribution in [0.2, 0.25) is 0 Å². The molecular weight excluding hydrogens is 283 g/mol. The Morgan fingerprint density at radius 1 is 1.18 bits per heavy atom. The van der Waals surface area contributed by atoms with E-state index in [1.54, 1.807) is 6.07 Å². The normalized spacial score (nSPS) is 12.1. The van der Waals surface area contributed by atoms with Crippen molar-refractivity contribution in [3.63, 3.8) is 0 Å². The van der Waals surface area contributed by atoms with Gasteiger partial charge in [-0.1, -0.05) is 18.2 Å². The van der Waals surface area contributed by atoms with Crippen molar-refractivity contribution in [2.45, 2.75) is 13.0 Å². The van der Waals surface area contributed by atoms with E-state index in [-0.39, 0.29) is 11.8 Å². The highest BCUT2D eigenvalue weighted by Gasteiger charge is 2.15. The van der Waals surface area contributed by atoms with Crippen LogP contribution in [0.15, 0.2) is 59.2 Å². The predicted molar refractivity (Wildman–Crippen MR) is 81.8 cm³/mol. The quantitative estimate of drug-likeness (QED) is 0.733. The van der Waals surface area contributed by atoms with Crippen molar-refractivity contribution in [2.24, 2.45) is 0 Å². The number of oxazole rings is 1. The van der Waals surface area contributed by atoms with Gasteiger partial charge < -0.3 is 14.9 Å². The van der Waals surface area contributed by atoms with Crippen LogP contribution in [0.1, 0.15) is 18.7 Å². The summed E-state index contributed by atoms with van der Waals surface area (Å²) in [6.45, 7) is 1.87. The number of hydrogen-bond acceptors (Lipinski definition) is 4. The largest absolute Gasteiger partial charge is 0.484 e. The number of hydrogen-bond donors (Lipinski definition) is 1. The smallest absolute Gasteiger partial charge is 0.226 e. The summed E-state index contributed by atoms with van der Waals surface area (Å²) in [5.41, 5.74) is 6.72. The molecule has 22 heavy (non-hydrogen) atoms. The zero-order chi connectivity index (χ0) is 15.5. The van der Waals surface area contributed by atoms with Crippen LogP contribution in [0.4, 0.5) is 10.1 Å². The maximum absolute atomic E-state index is 13.5. The number of para-hydroxylation sites is 1. The predicted octanol–water partition coefficient (Wildman–Crippen LogP) is 4.20. The molecule has 0 aliphatic heterocycles. The molecule has 0 saturated carbocycles. The SMILES string of the molecule is CC(Oc1ccccc1)c1coc(-c2ccc(N)c(F)c2)n1. The molecule has 0 aliphatic rings. The lowest BCUT2D eigenvalue weighted by Crippen LogP contribution is -2.03. The van der Waals surface area contributed by atoms with Crippen molar-refractivity contribution in [3.05, 3.63) is 66.3 Å². The zero-order valence-electron chi connectivity index (χ0n) is 12.0. The Morgan fingerprint density at radius 2 is 1.95 bits per heavy atom. The van der Waals surface area contributed by atoms with Crippen molar-refractivity contribution >= 4 is 5.69 Å². The van der Waals surface area contributed by atoms with Crippen molar-refractivity contribution in [1.29, 1.82) is 0 Å². The van der Waals surface area contributed by atoms with Gasteiger partial charge in [0.25, 0.3) is 0 Å². The Kier molecular flexibility index (Phi) is 3.78. The first kappa shape index (κ1) is 14.1. The first-order chi connectivity index (χ1) is 10.6. The van der Waals surface area contributed by atoms with Gasteiger partial charge in [-0.3, -0.25) is 0 Å². The third-order valence-electron chi connectivity index (χ3n) is 3.24. The van der Waals surface area contributed by atoms with E-state index in [0.717, 1.165) is 5.75 Å². The zero-order valence-corrected chi connectivity index (χ0v) is 12.0. The lowest BCUT2D eigenvalue weighted by molar-refractivity contribution is 0.221. The van der Waals surface area contributed by atoms with Crippen molar-refractivity contribution in [3.8, 4) is 17.2 Å². The van der Waals surface area contributed by atoms with E-state index in [2.05, 4.69) is 4.98 Å². The number of nitrogen functional groups attached to an aromatic ring is 1. The van der Waals surface area contributed by atoms with E-state index < -0.39 is 5.82 Å². The van der Waals surface area contributed by atoms with Crippen LogP contribution in [0.25, 0.3) is 11.5 Å². The van der Waals surface area contributed by atoms with Gasteiger partial charge in [-0.05, 0) is 37.3 Å². The summed E-state index contributed by atoms with van der Waals surface area (Å²) in [4.78, 5) is 4.35. The van der Waals surface area contributed by atoms with Crippen LogP contribution in [0.3, 0.4) is 0 Å². The standard InChI is InChI=1S/C17H15FN2O2/c1-11(22-13-5-3-2-4-6-13)16-10-21-17(20-16)12-7-8-15(19)14(18)9-12/h2-11H,19H2,1H3. The Bertz CT molecular complexity index is 771. The van der Waals surface area contributed by atoms with Crippen LogP contribution in [0, 0.1) is 5.82 Å². The van der Waals surface area contributed by atoms with Gasteiger partial charge in [0.1, 0.15) is 29.6 Å². The fraction of sp³-hybridized carbons (Fsp3) is 0.118. The monoisotopic (exact) mass is 298 g/mol. The van der Waals surface area contributed by atoms with Gasteiger partial charge in [0, 0.05) is 5.56 Å². The molecule has 0 amide bonds. The molecule has 3 rings (SSSR count). The first-order valence-corrected chi connectivity index (χ1v) is 6.86. The summed E-state index contributed by atoms with van der Waals surface area (Å²) >= 11 is 0. The summed E-state index contributed by atoms with van der Waals surface area (Å²) in [5, 5.41) is 0. The lowest BCUT2D eigenvalue weighted by Gasteiger charge is -2.11. The van der Waals surface area contributed by atoms with E-state index in [0.29, 0.717) is 17.1 Å². The summed E-state index contributed by atoms with van der Waals surface area (Å²) in [5.74, 6) is 0.585. The molecule has 112 valence electrons. The van der Waals surface area contributed by atoms with Crippen LogP contribution < -0.4 is 10.5 Å². The van der Waals surface area contributed by atoms with Gasteiger partial charge in [-0.15, -0.1) is 0 Å². The molecule has 1 heterocycles. The molecule has 2 aromatic carbocycles. The molecule has 0 fully saturated rings. The molecule has 1 unspecified atom stereocenters. The van der Waals surface area contributed by atoms with Gasteiger partial charge in [-0.2, -0.15) is 0 Å². The van der Waals surface area contributed by atoms with Crippen LogP contribution in [0.5, 0.6) is 5.75 Å². The molecule has 2 N–H and O–H groups in total. The summed E-state index contributed by atoms with van der Waals surface area (Å²) < 4.78 is 24.7. The number of rotatable bonds is 4. The summed E-state index contributed by atoms with van der Waals surface area (Å²) in [6, 6.07) is 13.9. The molecule has 1 atom stereocenters. The average Bonchev–Trinajstić information content (AvgIpc) is 3.01. The minimum absolute atomic E-state index is 0.0938. The Balaban J connectivity index is 1.79. The summed E-state index contributed by atoms with van der Waals surface area (Å²) in [7, 11) is 0. The second-order valence-corrected chi connectivity index (χ2v) is 4.89. The highest BCUT2D eigenvalue weighted by Crippen LogP contribution is 2.26. The van der Waals surface area contributed by atoms with Gasteiger partial charge in [-0.25, -0.2) is 9.37 Å². The van der Waals surface area contributed by atoms with Gasteiger partial charge in [0.2, 0.25) is 5.89 Å². The van der Waals surface area contributed by atoms with Crippen molar-refractivity contribution in [1.82, 2.24) is 4.98 Å². The third kappa shape index (κ3) is 2.93. The molecule has 0 spiro atoms. The fourth-order valence-electron chi connectivity index (χ4n) is 2.03. The number of benzene rings is 2. The van der Waals surface area contributed by atoms with Gasteiger partial charge >= 0.3 is 0 Å². The van der Waals surface area contributed by atoms with Crippen molar-refractivity contribution < 1.29 is 13.5 Å². The van der Waals surface area contributed by atoms with E-state index in [1.807, 2.05) is 37.3 Å². The van der Waals surface area contributed by atoms with Crippen LogP contribution in [-0.2, 0) is 0 Å². The minimum Gasteiger partial charge on any atom is -0.484 e. The third-order valence-corrected chi connectivity index (χ3v) is 3.24. The fourth-order valence-corrected chi connectivity index (χ4v) is 2.03. The molecule has 0 saturated heterocycles. The molecule has 1 aromatic heterocycles. The Hall–Kier alpha value is -2.82. The molecule has 3 aromatic rings. The van der Waals surface area contributed by atoms with E-state index >= 15 is 0 Å². The number of aromatic nitrogens is 1. The molecule has 4 nitrogen and oxygen atoms in total. The lowest BCUT2D eigenvalue weighted by atomic mass is 10.2. The first-order valence-electron chi connectivity index (χ1n) is 6.86.